The molecule has 9 nitrogen and oxygen atoms in total. The van der Waals surface area contributed by atoms with Crippen molar-refractivity contribution in [3.63, 3.8) is 0 Å². The maximum absolute atomic E-state index is 13.3. The number of nitrogens with zero attached hydrogens (tertiary/aromatic N) is 2. The highest BCUT2D eigenvalue weighted by Gasteiger charge is 2.36. The molecule has 2 atom stereocenters. The van der Waals surface area contributed by atoms with Gasteiger partial charge in [0.05, 0.1) is 30.2 Å². The van der Waals surface area contributed by atoms with Gasteiger partial charge in [-0.05, 0) is 42.7 Å². The van der Waals surface area contributed by atoms with E-state index in [0.717, 1.165) is 12.2 Å². The zero-order valence-electron chi connectivity index (χ0n) is 19.1. The van der Waals surface area contributed by atoms with Crippen molar-refractivity contribution < 1.29 is 22.4 Å². The summed E-state index contributed by atoms with van der Waals surface area (Å²) >= 11 is 0. The van der Waals surface area contributed by atoms with Crippen molar-refractivity contribution in [2.45, 2.75) is 30.7 Å². The van der Waals surface area contributed by atoms with E-state index in [1.54, 1.807) is 7.05 Å². The summed E-state index contributed by atoms with van der Waals surface area (Å²) < 4.78 is 38.8. The number of benzene rings is 1. The molecule has 1 amide bonds. The number of hydrogen-bond donors (Lipinski definition) is 1. The molecule has 2 aliphatic rings. The predicted molar refractivity (Wildman–Crippen MR) is 125 cm³/mol. The zero-order chi connectivity index (χ0) is 24.0. The molecule has 1 saturated carbocycles. The summed E-state index contributed by atoms with van der Waals surface area (Å²) in [6.07, 6.45) is 1.11. The van der Waals surface area contributed by atoms with Crippen LogP contribution in [0.5, 0.6) is 0 Å². The van der Waals surface area contributed by atoms with Gasteiger partial charge in [-0.1, -0.05) is 6.92 Å². The van der Waals surface area contributed by atoms with Crippen molar-refractivity contribution in [1.29, 1.82) is 0 Å². The van der Waals surface area contributed by atoms with Crippen molar-refractivity contribution in [2.24, 2.45) is 5.92 Å². The van der Waals surface area contributed by atoms with Crippen molar-refractivity contribution in [1.82, 2.24) is 14.2 Å². The molecule has 2 aromatic heterocycles. The van der Waals surface area contributed by atoms with Crippen molar-refractivity contribution >= 4 is 26.8 Å². The molecule has 1 N–H and O–H groups in total. The van der Waals surface area contributed by atoms with Gasteiger partial charge in [0, 0.05) is 43.0 Å². The highest BCUT2D eigenvalue weighted by Crippen LogP contribution is 2.47. The summed E-state index contributed by atoms with van der Waals surface area (Å²) in [5.74, 6) is 2.26. The summed E-state index contributed by atoms with van der Waals surface area (Å²) in [4.78, 5) is 29.8. The minimum Gasteiger partial charge on any atom is -0.464 e. The first-order chi connectivity index (χ1) is 16.2. The van der Waals surface area contributed by atoms with Crippen molar-refractivity contribution in [2.75, 3.05) is 33.4 Å². The molecule has 1 saturated heterocycles. The van der Waals surface area contributed by atoms with Gasteiger partial charge in [-0.2, -0.15) is 4.31 Å². The quantitative estimate of drug-likeness (QED) is 0.574. The largest absolute Gasteiger partial charge is 0.464 e. The van der Waals surface area contributed by atoms with Gasteiger partial charge in [-0.15, -0.1) is 0 Å². The van der Waals surface area contributed by atoms with E-state index in [1.165, 1.54) is 33.5 Å². The number of aromatic nitrogens is 1. The van der Waals surface area contributed by atoms with E-state index < -0.39 is 21.5 Å². The Morgan fingerprint density at radius 2 is 1.91 bits per heavy atom. The number of carbonyl (C=O) groups excluding carboxylic acids is 1. The molecule has 2 fully saturated rings. The second-order valence-electron chi connectivity index (χ2n) is 9.06. The van der Waals surface area contributed by atoms with Gasteiger partial charge in [-0.3, -0.25) is 9.59 Å². The third-order valence-corrected chi connectivity index (χ3v) is 8.44. The van der Waals surface area contributed by atoms with Crippen LogP contribution in [0.25, 0.3) is 10.9 Å². The molecule has 180 valence electrons. The van der Waals surface area contributed by atoms with Gasteiger partial charge in [0.1, 0.15) is 11.5 Å². The zero-order valence-corrected chi connectivity index (χ0v) is 19.9. The lowest BCUT2D eigenvalue weighted by atomic mass is 10.1. The lowest BCUT2D eigenvalue weighted by Crippen LogP contribution is -2.40. The van der Waals surface area contributed by atoms with Crippen molar-refractivity contribution in [3.8, 4) is 0 Å². The first-order valence-electron chi connectivity index (χ1n) is 11.3. The fraction of sp³-hybridized carbons (Fsp3) is 0.417. The average Bonchev–Trinajstić information content (AvgIpc) is 3.38. The maximum atomic E-state index is 13.3. The normalized spacial score (nSPS) is 21.0. The number of morpholine rings is 1. The molecule has 0 radical (unpaired) electrons. The smallest absolute Gasteiger partial charge is 0.254 e. The molecule has 1 aromatic carbocycles. The Balaban J connectivity index is 1.45. The van der Waals surface area contributed by atoms with E-state index in [1.807, 2.05) is 12.1 Å². The van der Waals surface area contributed by atoms with Gasteiger partial charge in [0.25, 0.3) is 5.91 Å². The summed E-state index contributed by atoms with van der Waals surface area (Å²) in [5, 5.41) is 0.373. The number of aromatic amines is 1. The van der Waals surface area contributed by atoms with Crippen LogP contribution < -0.4 is 5.56 Å². The van der Waals surface area contributed by atoms with Crippen LogP contribution in [0.4, 0.5) is 0 Å². The lowest BCUT2D eigenvalue weighted by molar-refractivity contribution is 0.0730. The van der Waals surface area contributed by atoms with Crippen molar-refractivity contribution in [3.05, 3.63) is 63.8 Å². The number of nitrogens with one attached hydrogen (secondary N) is 1. The fourth-order valence-electron chi connectivity index (χ4n) is 4.41. The highest BCUT2D eigenvalue weighted by molar-refractivity contribution is 7.89. The number of ether oxygens (including phenoxy) is 1. The van der Waals surface area contributed by atoms with Crippen LogP contribution in [-0.4, -0.2) is 61.9 Å². The monoisotopic (exact) mass is 485 g/mol. The molecule has 3 heterocycles. The van der Waals surface area contributed by atoms with Gasteiger partial charge in [0.2, 0.25) is 15.6 Å². The van der Waals surface area contributed by atoms with Crippen LogP contribution in [0, 0.1) is 5.92 Å². The molecule has 0 unspecified atom stereocenters. The number of fused-ring (bicyclic) bond motifs is 1. The number of amides is 1. The predicted octanol–water partition coefficient (Wildman–Crippen LogP) is 2.54. The van der Waals surface area contributed by atoms with E-state index >= 15 is 0 Å². The maximum Gasteiger partial charge on any atom is 0.254 e. The summed E-state index contributed by atoms with van der Waals surface area (Å²) in [6.45, 7) is 3.62. The van der Waals surface area contributed by atoms with Crippen LogP contribution in [0.15, 0.2) is 50.5 Å². The van der Waals surface area contributed by atoms with E-state index in [4.69, 9.17) is 9.15 Å². The minimum atomic E-state index is -3.76. The molecule has 0 spiro atoms. The number of H-pyrrole nitrogens is 1. The molecule has 5 rings (SSSR count). The van der Waals surface area contributed by atoms with E-state index in [9.17, 15) is 18.0 Å². The number of furan rings is 1. The molecule has 3 aromatic rings. The number of pyridine rings is 1. The first kappa shape index (κ1) is 22.8. The molecule has 34 heavy (non-hydrogen) atoms. The topological polar surface area (TPSA) is 113 Å². The molecule has 10 heteroatoms. The second kappa shape index (κ2) is 8.68. The van der Waals surface area contributed by atoms with Crippen LogP contribution in [-0.2, 0) is 21.3 Å². The number of sulfonamides is 1. The molecular weight excluding hydrogens is 458 g/mol. The first-order valence-corrected chi connectivity index (χ1v) is 12.8. The highest BCUT2D eigenvalue weighted by atomic mass is 32.2. The minimum absolute atomic E-state index is 0.0693. The van der Waals surface area contributed by atoms with Gasteiger partial charge >= 0.3 is 0 Å². The standard InChI is InChI=1S/C24H27N3O6S/c1-15-11-18(15)22-6-3-16(33-22)14-26(2)24(29)20-13-23(28)25-21-5-4-17(12-19(20)21)34(30,31)27-7-9-32-10-8-27/h3-6,12-13,15,18H,7-11,14H2,1-2H3,(H,25,28)/t15-,18+/m1/s1. The van der Waals surface area contributed by atoms with Gasteiger partial charge < -0.3 is 19.0 Å². The van der Waals surface area contributed by atoms with Crippen LogP contribution in [0.3, 0.4) is 0 Å². The SMILES string of the molecule is C[C@@H]1C[C@@H]1c1ccc(CN(C)C(=O)c2cc(=O)[nH]c3ccc(S(=O)(=O)N4CCOCC4)cc23)o1. The van der Waals surface area contributed by atoms with E-state index in [-0.39, 0.29) is 30.1 Å². The Bertz CT molecular complexity index is 1400. The summed E-state index contributed by atoms with van der Waals surface area (Å²) in [5.41, 5.74) is 0.104. The molecule has 1 aliphatic heterocycles. The van der Waals surface area contributed by atoms with Gasteiger partial charge in [-0.25, -0.2) is 8.42 Å². The Morgan fingerprint density at radius 1 is 1.18 bits per heavy atom. The molecular formula is C24H27N3O6S. The van der Waals surface area contributed by atoms with E-state index in [2.05, 4.69) is 11.9 Å². The van der Waals surface area contributed by atoms with E-state index in [0.29, 0.717) is 41.7 Å². The lowest BCUT2D eigenvalue weighted by Gasteiger charge is -2.26. The Hall–Kier alpha value is -2.95. The van der Waals surface area contributed by atoms with Crippen LogP contribution in [0.2, 0.25) is 0 Å². The second-order valence-corrected chi connectivity index (χ2v) is 11.0. The Labute approximate surface area is 197 Å². The average molecular weight is 486 g/mol. The number of hydrogen-bond acceptors (Lipinski definition) is 6. The number of carbonyl (C=O) groups is 1. The molecule has 0 bridgehead atoms. The van der Waals surface area contributed by atoms with Crippen LogP contribution in [0.1, 0.15) is 41.1 Å². The molecule has 1 aliphatic carbocycles. The summed E-state index contributed by atoms with van der Waals surface area (Å²) in [6, 6.07) is 9.46. The number of rotatable bonds is 6. The third kappa shape index (κ3) is 4.28. The third-order valence-electron chi connectivity index (χ3n) is 6.55. The van der Waals surface area contributed by atoms with Crippen LogP contribution >= 0.6 is 0 Å². The Morgan fingerprint density at radius 3 is 2.62 bits per heavy atom. The fourth-order valence-corrected chi connectivity index (χ4v) is 5.85. The Kier molecular flexibility index (Phi) is 5.83. The van der Waals surface area contributed by atoms with Gasteiger partial charge in [0.15, 0.2) is 0 Å². The summed E-state index contributed by atoms with van der Waals surface area (Å²) in [7, 11) is -2.13.